The lowest BCUT2D eigenvalue weighted by molar-refractivity contribution is -0.141. The predicted octanol–water partition coefficient (Wildman–Crippen LogP) is 8.78. The molecule has 4 aliphatic carbocycles. The molecule has 3 unspecified atom stereocenters. The van der Waals surface area contributed by atoms with Crippen LogP contribution in [0.5, 0.6) is 0 Å². The fourth-order valence-electron chi connectivity index (χ4n) is 11.5. The lowest BCUT2D eigenvalue weighted by Gasteiger charge is -2.65. The Balaban J connectivity index is 1.18. The van der Waals surface area contributed by atoms with Gasteiger partial charge in [0.1, 0.15) is 0 Å². The van der Waals surface area contributed by atoms with Crippen LogP contribution >= 0.6 is 0 Å². The van der Waals surface area contributed by atoms with Crippen LogP contribution in [0.4, 0.5) is 31.4 Å². The number of carbonyl (C=O) groups excluding carboxylic acids is 4. The molecule has 0 spiro atoms. The number of esters is 1. The van der Waals surface area contributed by atoms with Crippen LogP contribution in [0.1, 0.15) is 78.1 Å². The maximum atomic E-state index is 13.8. The number of urea groups is 3. The molecule has 7 rings (SSSR count). The highest BCUT2D eigenvalue weighted by molar-refractivity contribution is 5.90. The number of ether oxygens (including phenoxy) is 1. The molecule has 0 saturated heterocycles. The van der Waals surface area contributed by atoms with E-state index >= 15 is 0 Å². The minimum absolute atomic E-state index is 0.00256. The Morgan fingerprint density at radius 3 is 1.79 bits per heavy atom. The Hall–Kier alpha value is -5.06. The zero-order chi connectivity index (χ0) is 39.3. The topological polar surface area (TPSA) is 150 Å². The summed E-state index contributed by atoms with van der Waals surface area (Å²) in [6.07, 6.45) is 8.14. The van der Waals surface area contributed by atoms with Crippen LogP contribution in [0.15, 0.2) is 91.0 Å². The summed E-state index contributed by atoms with van der Waals surface area (Å²) in [4.78, 5) is 53.0. The van der Waals surface area contributed by atoms with Crippen molar-refractivity contribution in [3.8, 4) is 0 Å². The smallest absolute Gasteiger partial charge is 0.319 e. The van der Waals surface area contributed by atoms with E-state index in [1.807, 2.05) is 91.0 Å². The van der Waals surface area contributed by atoms with Crippen LogP contribution in [0.3, 0.4) is 0 Å². The van der Waals surface area contributed by atoms with Crippen LogP contribution in [-0.4, -0.2) is 49.3 Å². The van der Waals surface area contributed by atoms with E-state index in [0.29, 0.717) is 6.42 Å². The first kappa shape index (κ1) is 39.2. The molecule has 3 aromatic rings. The molecule has 0 aliphatic heterocycles. The number of rotatable bonds is 10. The van der Waals surface area contributed by atoms with Crippen molar-refractivity contribution in [3.05, 3.63) is 91.0 Å². The summed E-state index contributed by atoms with van der Waals surface area (Å²) in [7, 11) is 1.43. The fraction of sp³-hybridized carbons (Fsp3) is 0.511. The van der Waals surface area contributed by atoms with E-state index < -0.39 is 0 Å². The molecule has 11 heteroatoms. The number of methoxy groups -OCH3 is 1. The van der Waals surface area contributed by atoms with E-state index in [9.17, 15) is 19.2 Å². The Kier molecular flexibility index (Phi) is 11.9. The Labute approximate surface area is 330 Å². The number of hydrogen-bond donors (Lipinski definition) is 6. The van der Waals surface area contributed by atoms with Gasteiger partial charge in [0, 0.05) is 41.6 Å². The molecule has 0 aromatic heterocycles. The van der Waals surface area contributed by atoms with Crippen LogP contribution < -0.4 is 31.9 Å². The van der Waals surface area contributed by atoms with Crippen molar-refractivity contribution in [1.82, 2.24) is 16.0 Å². The molecule has 4 saturated carbocycles. The summed E-state index contributed by atoms with van der Waals surface area (Å²) in [5.74, 6) is 0.965. The second-order valence-electron chi connectivity index (χ2n) is 17.1. The van der Waals surface area contributed by atoms with Gasteiger partial charge in [0.15, 0.2) is 0 Å². The molecular weight excluding hydrogens is 705 g/mol. The average Bonchev–Trinajstić information content (AvgIpc) is 3.53. The van der Waals surface area contributed by atoms with Gasteiger partial charge in [0.25, 0.3) is 0 Å². The molecule has 0 radical (unpaired) electrons. The van der Waals surface area contributed by atoms with Gasteiger partial charge in [-0.2, -0.15) is 0 Å². The van der Waals surface area contributed by atoms with Gasteiger partial charge in [0.2, 0.25) is 0 Å². The summed E-state index contributed by atoms with van der Waals surface area (Å²) < 4.78 is 4.98. The number of para-hydroxylation sites is 3. The normalized spacial score (nSPS) is 31.6. The minimum Gasteiger partial charge on any atom is -0.469 e. The van der Waals surface area contributed by atoms with Crippen LogP contribution in [0, 0.1) is 40.4 Å². The molecule has 0 bridgehead atoms. The van der Waals surface area contributed by atoms with E-state index in [1.54, 1.807) is 0 Å². The van der Waals surface area contributed by atoms with Gasteiger partial charge in [-0.1, -0.05) is 68.4 Å². The standard InChI is InChI=1S/C45H58N6O5/c1-44-25-24-34(49-41(53)46-31-15-7-4-8-16-31)26-30(44)27-37(50-42(54)47-32-17-9-5-10-18-32)40-35-23-22-29(14-13-21-39(52)56-3)45(35,2)38(28-36(40)44)51-43(55)48-33-19-11-6-12-20-33/h4-12,15-20,29-30,34-38,40H,13-14,21-28H2,1-3H3,(H2,46,49,53)(H2,47,50,54)(H2,48,51,55)/t29-,30-,34?,35-,36-,37?,38?,40-,44-,45+/m0/s1. The quantitative estimate of drug-likeness (QED) is 0.114. The molecule has 298 valence electrons. The van der Waals surface area contributed by atoms with Crippen molar-refractivity contribution in [2.75, 3.05) is 23.1 Å². The van der Waals surface area contributed by atoms with Crippen molar-refractivity contribution in [2.24, 2.45) is 40.4 Å². The van der Waals surface area contributed by atoms with Gasteiger partial charge in [-0.25, -0.2) is 14.4 Å². The van der Waals surface area contributed by atoms with Gasteiger partial charge in [0.05, 0.1) is 7.11 Å². The number of anilines is 3. The Morgan fingerprint density at radius 2 is 1.21 bits per heavy atom. The summed E-state index contributed by atoms with van der Waals surface area (Å²) >= 11 is 0. The van der Waals surface area contributed by atoms with Crippen LogP contribution in [0.2, 0.25) is 0 Å². The first-order valence-electron chi connectivity index (χ1n) is 20.5. The van der Waals surface area contributed by atoms with Crippen molar-refractivity contribution < 1.29 is 23.9 Å². The highest BCUT2D eigenvalue weighted by Gasteiger charge is 2.66. The average molecular weight is 763 g/mol. The molecule has 10 atom stereocenters. The minimum atomic E-state index is -0.265. The summed E-state index contributed by atoms with van der Waals surface area (Å²) in [5.41, 5.74) is 1.90. The van der Waals surface area contributed by atoms with Crippen molar-refractivity contribution in [1.29, 1.82) is 0 Å². The van der Waals surface area contributed by atoms with Crippen LogP contribution in [0.25, 0.3) is 0 Å². The first-order valence-corrected chi connectivity index (χ1v) is 20.5. The lowest BCUT2D eigenvalue weighted by Crippen LogP contribution is -2.67. The molecule has 4 aliphatic rings. The van der Waals surface area contributed by atoms with Gasteiger partial charge >= 0.3 is 24.1 Å². The van der Waals surface area contributed by atoms with E-state index in [-0.39, 0.29) is 82.6 Å². The highest BCUT2D eigenvalue weighted by Crippen LogP contribution is 2.68. The van der Waals surface area contributed by atoms with E-state index in [0.717, 1.165) is 74.8 Å². The Morgan fingerprint density at radius 1 is 0.661 bits per heavy atom. The van der Waals surface area contributed by atoms with Crippen molar-refractivity contribution >= 4 is 41.1 Å². The van der Waals surface area contributed by atoms with E-state index in [2.05, 4.69) is 45.7 Å². The predicted molar refractivity (Wildman–Crippen MR) is 219 cm³/mol. The molecular formula is C45H58N6O5. The Bertz CT molecular complexity index is 1830. The number of benzene rings is 3. The monoisotopic (exact) mass is 762 g/mol. The highest BCUT2D eigenvalue weighted by atomic mass is 16.5. The zero-order valence-electron chi connectivity index (χ0n) is 32.9. The summed E-state index contributed by atoms with van der Waals surface area (Å²) in [6.45, 7) is 4.79. The largest absolute Gasteiger partial charge is 0.469 e. The molecule has 6 N–H and O–H groups in total. The molecule has 56 heavy (non-hydrogen) atoms. The van der Waals surface area contributed by atoms with Gasteiger partial charge in [-0.3, -0.25) is 4.79 Å². The molecule has 6 amide bonds. The third-order valence-electron chi connectivity index (χ3n) is 14.3. The third kappa shape index (κ3) is 8.37. The molecule has 4 fully saturated rings. The third-order valence-corrected chi connectivity index (χ3v) is 14.3. The van der Waals surface area contributed by atoms with Crippen molar-refractivity contribution in [2.45, 2.75) is 96.2 Å². The van der Waals surface area contributed by atoms with Crippen molar-refractivity contribution in [3.63, 3.8) is 0 Å². The zero-order valence-corrected chi connectivity index (χ0v) is 32.9. The first-order chi connectivity index (χ1) is 27.1. The second-order valence-corrected chi connectivity index (χ2v) is 17.1. The maximum absolute atomic E-state index is 13.8. The molecule has 11 nitrogen and oxygen atoms in total. The number of amides is 6. The second kappa shape index (κ2) is 17.0. The van der Waals surface area contributed by atoms with E-state index in [4.69, 9.17) is 4.74 Å². The summed E-state index contributed by atoms with van der Waals surface area (Å²) in [6, 6.07) is 27.7. The molecule has 0 heterocycles. The van der Waals surface area contributed by atoms with Crippen LogP contribution in [-0.2, 0) is 9.53 Å². The lowest BCUT2D eigenvalue weighted by atomic mass is 9.42. The fourth-order valence-corrected chi connectivity index (χ4v) is 11.5. The van der Waals surface area contributed by atoms with Gasteiger partial charge in [-0.05, 0) is 135 Å². The maximum Gasteiger partial charge on any atom is 0.319 e. The number of nitrogens with one attached hydrogen (secondary N) is 6. The van der Waals surface area contributed by atoms with E-state index in [1.165, 1.54) is 7.11 Å². The summed E-state index contributed by atoms with van der Waals surface area (Å²) in [5, 5.41) is 19.4. The van der Waals surface area contributed by atoms with Gasteiger partial charge in [-0.15, -0.1) is 0 Å². The molecule has 3 aromatic carbocycles. The number of fused-ring (bicyclic) bond motifs is 5. The van der Waals surface area contributed by atoms with Gasteiger partial charge < -0.3 is 36.6 Å². The SMILES string of the molecule is COC(=O)CCC[C@H]1CC[C@H]2[C@@H]3C(NC(=O)Nc4ccccc4)C[C@@H]4CC(NC(=O)Nc5ccccc5)CC[C@]4(C)[C@H]3CC(NC(=O)Nc3ccccc3)[C@]12C. The number of carbonyl (C=O) groups is 4. The number of hydrogen-bond acceptors (Lipinski definition) is 5.